The fourth-order valence-electron chi connectivity index (χ4n) is 4.33. The van der Waals surface area contributed by atoms with Crippen molar-refractivity contribution in [2.24, 2.45) is 5.41 Å². The summed E-state index contributed by atoms with van der Waals surface area (Å²) in [5.74, 6) is 0.250. The predicted octanol–water partition coefficient (Wildman–Crippen LogP) is 3.90. The van der Waals surface area contributed by atoms with E-state index in [4.69, 9.17) is 4.74 Å². The molecule has 0 N–H and O–H groups in total. The number of likely N-dealkylation sites (tertiary alicyclic amines) is 1. The highest BCUT2D eigenvalue weighted by Gasteiger charge is 2.44. The molecular weight excluding hydrogens is 378 g/mol. The zero-order chi connectivity index (χ0) is 21.6. The molecule has 2 heterocycles. The Hall–Kier alpha value is -2.76. The van der Waals surface area contributed by atoms with Crippen molar-refractivity contribution < 1.29 is 14.3 Å². The van der Waals surface area contributed by atoms with Gasteiger partial charge in [-0.2, -0.15) is 0 Å². The second-order valence-electron chi connectivity index (χ2n) is 8.11. The largest absolute Gasteiger partial charge is 0.466 e. The normalized spacial score (nSPS) is 18.8. The van der Waals surface area contributed by atoms with E-state index in [-0.39, 0.29) is 11.9 Å². The molecule has 0 bridgehead atoms. The number of carbonyl (C=O) groups is 2. The van der Waals surface area contributed by atoms with Gasteiger partial charge in [0.15, 0.2) is 0 Å². The fourth-order valence-corrected chi connectivity index (χ4v) is 4.33. The smallest absolute Gasteiger partial charge is 0.313 e. The summed E-state index contributed by atoms with van der Waals surface area (Å²) in [6, 6.07) is 12.0. The van der Waals surface area contributed by atoms with E-state index < -0.39 is 5.41 Å². The second-order valence-corrected chi connectivity index (χ2v) is 8.11. The third-order valence-electron chi connectivity index (χ3n) is 5.72. The van der Waals surface area contributed by atoms with Crippen molar-refractivity contribution in [3.63, 3.8) is 0 Å². The van der Waals surface area contributed by atoms with Crippen molar-refractivity contribution >= 4 is 11.9 Å². The van der Waals surface area contributed by atoms with Gasteiger partial charge in [0.25, 0.3) is 5.91 Å². The number of aromatic nitrogens is 2. The topological polar surface area (TPSA) is 72.4 Å². The Morgan fingerprint density at radius 2 is 1.93 bits per heavy atom. The average molecular weight is 410 g/mol. The van der Waals surface area contributed by atoms with E-state index in [0.717, 1.165) is 31.4 Å². The molecule has 2 aromatic rings. The van der Waals surface area contributed by atoms with Crippen LogP contribution in [-0.4, -0.2) is 46.4 Å². The minimum absolute atomic E-state index is 0.139. The Morgan fingerprint density at radius 3 is 2.63 bits per heavy atom. The molecule has 0 unspecified atom stereocenters. The standard InChI is InChI=1S/C24H31N3O3/c1-4-30-23(29)24(13-8-12-20-10-6-5-7-11-20)14-9-15-27(17-24)22(28)21-16-18(2)25-19(3)26-21/h5-7,10-11,16H,4,8-9,12-15,17H2,1-3H3/t24-/m1/s1. The summed E-state index contributed by atoms with van der Waals surface area (Å²) in [6.07, 6.45) is 3.99. The molecule has 1 aromatic heterocycles. The Morgan fingerprint density at radius 1 is 1.17 bits per heavy atom. The highest BCUT2D eigenvalue weighted by atomic mass is 16.5. The highest BCUT2D eigenvalue weighted by Crippen LogP contribution is 2.37. The van der Waals surface area contributed by atoms with Crippen LogP contribution in [0.3, 0.4) is 0 Å². The first kappa shape index (κ1) is 21.9. The number of carbonyl (C=O) groups excluding carboxylic acids is 2. The predicted molar refractivity (Wildman–Crippen MR) is 115 cm³/mol. The molecule has 1 aromatic carbocycles. The van der Waals surface area contributed by atoms with Crippen LogP contribution in [0.4, 0.5) is 0 Å². The first-order valence-corrected chi connectivity index (χ1v) is 10.8. The van der Waals surface area contributed by atoms with Crippen LogP contribution in [-0.2, 0) is 16.0 Å². The maximum Gasteiger partial charge on any atom is 0.313 e. The van der Waals surface area contributed by atoms with E-state index in [0.29, 0.717) is 37.6 Å². The molecule has 1 saturated heterocycles. The Kier molecular flexibility index (Phi) is 7.19. The number of rotatable bonds is 7. The number of esters is 1. The Balaban J connectivity index is 1.76. The summed E-state index contributed by atoms with van der Waals surface area (Å²) in [4.78, 5) is 36.5. The van der Waals surface area contributed by atoms with Crippen LogP contribution in [0.15, 0.2) is 36.4 Å². The molecule has 1 aliphatic rings. The number of aryl methyl sites for hydroxylation is 3. The summed E-state index contributed by atoms with van der Waals surface area (Å²) in [5, 5.41) is 0. The number of ether oxygens (including phenoxy) is 1. The first-order valence-electron chi connectivity index (χ1n) is 10.8. The molecule has 1 aliphatic heterocycles. The van der Waals surface area contributed by atoms with Gasteiger partial charge in [0.05, 0.1) is 12.0 Å². The van der Waals surface area contributed by atoms with Gasteiger partial charge in [-0.05, 0) is 64.5 Å². The maximum absolute atomic E-state index is 13.2. The van der Waals surface area contributed by atoms with Crippen molar-refractivity contribution in [3.05, 3.63) is 59.2 Å². The van der Waals surface area contributed by atoms with E-state index in [1.165, 1.54) is 5.56 Å². The van der Waals surface area contributed by atoms with Crippen LogP contribution < -0.4 is 0 Å². The zero-order valence-electron chi connectivity index (χ0n) is 18.2. The summed E-state index contributed by atoms with van der Waals surface area (Å²) in [7, 11) is 0. The number of hydrogen-bond donors (Lipinski definition) is 0. The number of hydrogen-bond acceptors (Lipinski definition) is 5. The third kappa shape index (κ3) is 5.23. The van der Waals surface area contributed by atoms with Gasteiger partial charge in [0, 0.05) is 18.8 Å². The quantitative estimate of drug-likeness (QED) is 0.649. The molecule has 1 amide bonds. The molecule has 3 rings (SSSR count). The van der Waals surface area contributed by atoms with Gasteiger partial charge in [0.1, 0.15) is 11.5 Å². The lowest BCUT2D eigenvalue weighted by molar-refractivity contribution is -0.159. The van der Waals surface area contributed by atoms with E-state index >= 15 is 0 Å². The Bertz CT molecular complexity index is 864. The van der Waals surface area contributed by atoms with Gasteiger partial charge < -0.3 is 9.64 Å². The van der Waals surface area contributed by atoms with Crippen LogP contribution >= 0.6 is 0 Å². The lowest BCUT2D eigenvalue weighted by Crippen LogP contribution is -2.50. The summed E-state index contributed by atoms with van der Waals surface area (Å²) in [6.45, 7) is 6.81. The van der Waals surface area contributed by atoms with Gasteiger partial charge in [-0.3, -0.25) is 9.59 Å². The van der Waals surface area contributed by atoms with Crippen molar-refractivity contribution in [1.82, 2.24) is 14.9 Å². The zero-order valence-corrected chi connectivity index (χ0v) is 18.2. The van der Waals surface area contributed by atoms with E-state index in [2.05, 4.69) is 22.1 Å². The monoisotopic (exact) mass is 409 g/mol. The molecule has 0 radical (unpaired) electrons. The first-order chi connectivity index (χ1) is 14.4. The minimum atomic E-state index is -0.657. The van der Waals surface area contributed by atoms with Crippen molar-refractivity contribution in [1.29, 1.82) is 0 Å². The SMILES string of the molecule is CCOC(=O)[C@]1(CCCc2ccccc2)CCCN(C(=O)c2cc(C)nc(C)n2)C1. The highest BCUT2D eigenvalue weighted by molar-refractivity contribution is 5.93. The van der Waals surface area contributed by atoms with Crippen molar-refractivity contribution in [2.45, 2.75) is 52.9 Å². The van der Waals surface area contributed by atoms with E-state index in [1.807, 2.05) is 32.0 Å². The molecule has 30 heavy (non-hydrogen) atoms. The van der Waals surface area contributed by atoms with E-state index in [9.17, 15) is 9.59 Å². The second kappa shape index (κ2) is 9.83. The van der Waals surface area contributed by atoms with Crippen molar-refractivity contribution in [3.8, 4) is 0 Å². The van der Waals surface area contributed by atoms with Crippen LogP contribution in [0.2, 0.25) is 0 Å². The van der Waals surface area contributed by atoms with Gasteiger partial charge in [-0.25, -0.2) is 9.97 Å². The minimum Gasteiger partial charge on any atom is -0.466 e. The van der Waals surface area contributed by atoms with Crippen molar-refractivity contribution in [2.75, 3.05) is 19.7 Å². The number of benzene rings is 1. The molecule has 6 nitrogen and oxygen atoms in total. The molecule has 6 heteroatoms. The van der Waals surface area contributed by atoms with Crippen LogP contribution in [0, 0.1) is 19.3 Å². The van der Waals surface area contributed by atoms with Gasteiger partial charge in [-0.15, -0.1) is 0 Å². The van der Waals surface area contributed by atoms with E-state index in [1.54, 1.807) is 17.9 Å². The lowest BCUT2D eigenvalue weighted by atomic mass is 9.75. The molecule has 160 valence electrons. The lowest BCUT2D eigenvalue weighted by Gasteiger charge is -2.41. The third-order valence-corrected chi connectivity index (χ3v) is 5.72. The van der Waals surface area contributed by atoms with Crippen LogP contribution in [0.25, 0.3) is 0 Å². The number of piperidine rings is 1. The van der Waals surface area contributed by atoms with Crippen LogP contribution in [0.5, 0.6) is 0 Å². The summed E-state index contributed by atoms with van der Waals surface area (Å²) in [5.41, 5.74) is 1.76. The summed E-state index contributed by atoms with van der Waals surface area (Å²) < 4.78 is 5.46. The molecule has 0 saturated carbocycles. The molecule has 0 spiro atoms. The van der Waals surface area contributed by atoms with Crippen LogP contribution in [0.1, 0.15) is 60.2 Å². The molecular formula is C24H31N3O3. The maximum atomic E-state index is 13.2. The molecule has 0 aliphatic carbocycles. The molecule has 1 fully saturated rings. The number of amides is 1. The Labute approximate surface area is 178 Å². The van der Waals surface area contributed by atoms with Gasteiger partial charge in [-0.1, -0.05) is 30.3 Å². The number of nitrogens with zero attached hydrogens (tertiary/aromatic N) is 3. The average Bonchev–Trinajstić information content (AvgIpc) is 2.73. The summed E-state index contributed by atoms with van der Waals surface area (Å²) >= 11 is 0. The van der Waals surface area contributed by atoms with Gasteiger partial charge in [0.2, 0.25) is 0 Å². The molecule has 1 atom stereocenters. The van der Waals surface area contributed by atoms with Gasteiger partial charge >= 0.3 is 5.97 Å². The fraction of sp³-hybridized carbons (Fsp3) is 0.500.